The molecule has 1 amide bonds. The number of aromatic nitrogens is 5. The standard InChI is InChI=1S/C21H19N7O4/c22-18-17-19(25-12-24-18)28(14-8-9-26(11-14)21(30)31)20(29)27(17)13-6-7-16(23-10-13)32-15-4-2-1-3-5-15/h1-7,10,12,14H,8-9,11H2,(H,30,31)(H2,22,24,25). The summed E-state index contributed by atoms with van der Waals surface area (Å²) in [7, 11) is 0. The fraction of sp³-hybridized carbons (Fsp3) is 0.190. The first-order chi connectivity index (χ1) is 15.5. The van der Waals surface area contributed by atoms with Crippen LogP contribution in [0.1, 0.15) is 12.5 Å². The lowest BCUT2D eigenvalue weighted by atomic mass is 10.2. The number of carboxylic acid groups (broad SMARTS) is 1. The summed E-state index contributed by atoms with van der Waals surface area (Å²) in [6.07, 6.45) is 2.28. The number of imidazole rings is 1. The summed E-state index contributed by atoms with van der Waals surface area (Å²) in [6, 6.07) is 12.2. The number of amides is 1. The third kappa shape index (κ3) is 3.29. The summed E-state index contributed by atoms with van der Waals surface area (Å²) >= 11 is 0. The van der Waals surface area contributed by atoms with Crippen molar-refractivity contribution >= 4 is 23.1 Å². The molecule has 0 bridgehead atoms. The Hall–Kier alpha value is -4.41. The fourth-order valence-corrected chi connectivity index (χ4v) is 3.94. The van der Waals surface area contributed by atoms with Crippen molar-refractivity contribution < 1.29 is 14.6 Å². The first-order valence-corrected chi connectivity index (χ1v) is 9.93. The Morgan fingerprint density at radius 2 is 1.94 bits per heavy atom. The molecule has 1 unspecified atom stereocenters. The maximum Gasteiger partial charge on any atom is 0.407 e. The van der Waals surface area contributed by atoms with Gasteiger partial charge in [0.2, 0.25) is 5.88 Å². The maximum absolute atomic E-state index is 13.5. The number of hydrogen-bond donors (Lipinski definition) is 2. The highest BCUT2D eigenvalue weighted by molar-refractivity contribution is 5.84. The summed E-state index contributed by atoms with van der Waals surface area (Å²) in [5.41, 5.74) is 6.89. The van der Waals surface area contributed by atoms with Crippen molar-refractivity contribution in [1.82, 2.24) is 29.0 Å². The quantitative estimate of drug-likeness (QED) is 0.499. The first-order valence-electron chi connectivity index (χ1n) is 9.93. The number of nitrogens with zero attached hydrogens (tertiary/aromatic N) is 6. The van der Waals surface area contributed by atoms with Crippen LogP contribution in [0.5, 0.6) is 11.6 Å². The molecule has 11 nitrogen and oxygen atoms in total. The van der Waals surface area contributed by atoms with E-state index in [-0.39, 0.29) is 24.1 Å². The Morgan fingerprint density at radius 1 is 1.12 bits per heavy atom. The summed E-state index contributed by atoms with van der Waals surface area (Å²) in [5.74, 6) is 1.15. The topological polar surface area (TPSA) is 141 Å². The fourth-order valence-electron chi connectivity index (χ4n) is 3.94. The minimum atomic E-state index is -1.02. The second-order valence-electron chi connectivity index (χ2n) is 7.36. The van der Waals surface area contributed by atoms with Crippen LogP contribution in [-0.2, 0) is 0 Å². The average Bonchev–Trinajstić information content (AvgIpc) is 3.38. The molecule has 11 heteroatoms. The van der Waals surface area contributed by atoms with Crippen molar-refractivity contribution in [2.75, 3.05) is 18.8 Å². The normalized spacial score (nSPS) is 15.9. The van der Waals surface area contributed by atoms with Crippen LogP contribution in [0.3, 0.4) is 0 Å². The molecule has 1 aliphatic rings. The number of hydrogen-bond acceptors (Lipinski definition) is 7. The van der Waals surface area contributed by atoms with Gasteiger partial charge in [0, 0.05) is 19.2 Å². The van der Waals surface area contributed by atoms with Crippen LogP contribution in [0.2, 0.25) is 0 Å². The zero-order valence-electron chi connectivity index (χ0n) is 16.8. The number of rotatable bonds is 4. The van der Waals surface area contributed by atoms with Gasteiger partial charge in [0.25, 0.3) is 0 Å². The van der Waals surface area contributed by atoms with Crippen molar-refractivity contribution in [3.63, 3.8) is 0 Å². The number of nitrogen functional groups attached to an aromatic ring is 1. The SMILES string of the molecule is Nc1ncnc2c1n(-c1ccc(Oc3ccccc3)nc1)c(=O)n2C1CCN(C(=O)O)C1. The lowest BCUT2D eigenvalue weighted by Gasteiger charge is -2.13. The van der Waals surface area contributed by atoms with Crippen molar-refractivity contribution in [1.29, 1.82) is 0 Å². The van der Waals surface area contributed by atoms with E-state index in [1.807, 2.05) is 30.3 Å². The van der Waals surface area contributed by atoms with Crippen LogP contribution in [0.15, 0.2) is 59.8 Å². The van der Waals surface area contributed by atoms with Gasteiger partial charge in [-0.2, -0.15) is 0 Å². The molecule has 0 aliphatic carbocycles. The number of carbonyl (C=O) groups is 1. The van der Waals surface area contributed by atoms with Crippen molar-refractivity contribution in [2.24, 2.45) is 0 Å². The number of pyridine rings is 1. The molecule has 32 heavy (non-hydrogen) atoms. The lowest BCUT2D eigenvalue weighted by molar-refractivity contribution is 0.154. The molecule has 4 aromatic rings. The largest absolute Gasteiger partial charge is 0.465 e. The second-order valence-corrected chi connectivity index (χ2v) is 7.36. The first kappa shape index (κ1) is 19.5. The molecule has 1 fully saturated rings. The molecule has 1 atom stereocenters. The van der Waals surface area contributed by atoms with E-state index in [2.05, 4.69) is 15.0 Å². The van der Waals surface area contributed by atoms with E-state index in [0.29, 0.717) is 41.4 Å². The van der Waals surface area contributed by atoms with Crippen LogP contribution in [0.4, 0.5) is 10.6 Å². The minimum absolute atomic E-state index is 0.142. The van der Waals surface area contributed by atoms with E-state index in [1.165, 1.54) is 26.6 Å². The second kappa shape index (κ2) is 7.69. The highest BCUT2D eigenvalue weighted by Gasteiger charge is 2.31. The lowest BCUT2D eigenvalue weighted by Crippen LogP contribution is -2.31. The molecule has 0 radical (unpaired) electrons. The predicted octanol–water partition coefficient (Wildman–Crippen LogP) is 2.28. The number of likely N-dealkylation sites (tertiary alicyclic amines) is 1. The van der Waals surface area contributed by atoms with Crippen LogP contribution in [0, 0.1) is 0 Å². The molecule has 162 valence electrons. The molecule has 5 rings (SSSR count). The average molecular weight is 433 g/mol. The number of ether oxygens (including phenoxy) is 1. The maximum atomic E-state index is 13.5. The van der Waals surface area contributed by atoms with E-state index >= 15 is 0 Å². The predicted molar refractivity (Wildman–Crippen MR) is 115 cm³/mol. The van der Waals surface area contributed by atoms with E-state index < -0.39 is 6.09 Å². The molecule has 3 aromatic heterocycles. The summed E-state index contributed by atoms with van der Waals surface area (Å²) < 4.78 is 8.60. The van der Waals surface area contributed by atoms with Gasteiger partial charge < -0.3 is 20.5 Å². The van der Waals surface area contributed by atoms with Gasteiger partial charge in [0.05, 0.1) is 17.9 Å². The molecule has 3 N–H and O–H groups in total. The third-order valence-corrected chi connectivity index (χ3v) is 5.42. The number of anilines is 1. The van der Waals surface area contributed by atoms with Gasteiger partial charge in [-0.3, -0.25) is 9.13 Å². The monoisotopic (exact) mass is 433 g/mol. The highest BCUT2D eigenvalue weighted by atomic mass is 16.5. The van der Waals surface area contributed by atoms with Gasteiger partial charge in [0.1, 0.15) is 17.6 Å². The Balaban J connectivity index is 1.57. The Labute approximate surface area is 181 Å². The zero-order valence-corrected chi connectivity index (χ0v) is 16.8. The van der Waals surface area contributed by atoms with E-state index in [4.69, 9.17) is 10.5 Å². The Bertz CT molecular complexity index is 1350. The molecule has 1 aromatic carbocycles. The molecule has 4 heterocycles. The van der Waals surface area contributed by atoms with E-state index in [1.54, 1.807) is 12.1 Å². The van der Waals surface area contributed by atoms with Gasteiger partial charge in [-0.25, -0.2) is 24.5 Å². The molecule has 1 saturated heterocycles. The summed E-state index contributed by atoms with van der Waals surface area (Å²) in [4.78, 5) is 38.7. The molecule has 0 saturated carbocycles. The number of benzene rings is 1. The van der Waals surface area contributed by atoms with Gasteiger partial charge in [0.15, 0.2) is 11.5 Å². The van der Waals surface area contributed by atoms with Crippen molar-refractivity contribution in [3.8, 4) is 17.3 Å². The number of nitrogens with two attached hydrogens (primary N) is 1. The smallest absolute Gasteiger partial charge is 0.407 e. The Morgan fingerprint density at radius 3 is 2.62 bits per heavy atom. The molecular formula is C21H19N7O4. The highest BCUT2D eigenvalue weighted by Crippen LogP contribution is 2.28. The molecule has 0 spiro atoms. The zero-order chi connectivity index (χ0) is 22.2. The van der Waals surface area contributed by atoms with Gasteiger partial charge >= 0.3 is 11.8 Å². The molecular weight excluding hydrogens is 414 g/mol. The summed E-state index contributed by atoms with van der Waals surface area (Å²) in [5, 5.41) is 9.29. The third-order valence-electron chi connectivity index (χ3n) is 5.42. The summed E-state index contributed by atoms with van der Waals surface area (Å²) in [6.45, 7) is 0.535. The van der Waals surface area contributed by atoms with Gasteiger partial charge in [-0.05, 0) is 24.6 Å². The van der Waals surface area contributed by atoms with Crippen molar-refractivity contribution in [2.45, 2.75) is 12.5 Å². The van der Waals surface area contributed by atoms with Crippen LogP contribution in [0.25, 0.3) is 16.9 Å². The molecule has 1 aliphatic heterocycles. The number of fused-ring (bicyclic) bond motifs is 1. The minimum Gasteiger partial charge on any atom is -0.465 e. The van der Waals surface area contributed by atoms with Crippen LogP contribution in [-0.4, -0.2) is 53.3 Å². The van der Waals surface area contributed by atoms with Gasteiger partial charge in [-0.15, -0.1) is 0 Å². The Kier molecular flexibility index (Phi) is 4.70. The van der Waals surface area contributed by atoms with Crippen LogP contribution >= 0.6 is 0 Å². The van der Waals surface area contributed by atoms with E-state index in [9.17, 15) is 14.7 Å². The number of para-hydroxylation sites is 1. The van der Waals surface area contributed by atoms with Crippen LogP contribution < -0.4 is 16.2 Å². The van der Waals surface area contributed by atoms with Crippen molar-refractivity contribution in [3.05, 3.63) is 65.5 Å². The van der Waals surface area contributed by atoms with Gasteiger partial charge in [-0.1, -0.05) is 18.2 Å². The van der Waals surface area contributed by atoms with E-state index in [0.717, 1.165) is 0 Å².